The summed E-state index contributed by atoms with van der Waals surface area (Å²) < 4.78 is 7.80. The first-order chi connectivity index (χ1) is 14.7. The van der Waals surface area contributed by atoms with Crippen LogP contribution in [0.4, 0.5) is 5.69 Å². The number of carbonyl (C=O) groups is 1. The Kier molecular flexibility index (Phi) is 4.65. The number of rotatable bonds is 5. The predicted molar refractivity (Wildman–Crippen MR) is 119 cm³/mol. The summed E-state index contributed by atoms with van der Waals surface area (Å²) in [6, 6.07) is 22.7. The molecule has 5 rings (SSSR count). The van der Waals surface area contributed by atoms with Gasteiger partial charge >= 0.3 is 5.76 Å². The second kappa shape index (κ2) is 7.61. The average Bonchev–Trinajstić information content (AvgIpc) is 3.33. The van der Waals surface area contributed by atoms with Crippen LogP contribution in [-0.4, -0.2) is 15.5 Å². The van der Waals surface area contributed by atoms with Gasteiger partial charge in [0.15, 0.2) is 5.58 Å². The highest BCUT2D eigenvalue weighted by molar-refractivity contribution is 7.21. The van der Waals surface area contributed by atoms with Crippen molar-refractivity contribution in [2.24, 2.45) is 0 Å². The van der Waals surface area contributed by atoms with Crippen molar-refractivity contribution in [3.05, 3.63) is 83.3 Å². The largest absolute Gasteiger partial charge is 0.419 e. The van der Waals surface area contributed by atoms with Crippen LogP contribution < -0.4 is 11.1 Å². The third-order valence-electron chi connectivity index (χ3n) is 4.86. The highest BCUT2D eigenvalue weighted by Gasteiger charge is 2.14. The predicted octanol–water partition coefficient (Wildman–Crippen LogP) is 4.90. The zero-order chi connectivity index (χ0) is 20.5. The quantitative estimate of drug-likeness (QED) is 0.443. The Hall–Kier alpha value is -3.71. The maximum Gasteiger partial charge on any atom is 0.419 e. The van der Waals surface area contributed by atoms with Crippen LogP contribution in [0.3, 0.4) is 0 Å². The Bertz CT molecular complexity index is 1400. The third-order valence-corrected chi connectivity index (χ3v) is 5.93. The van der Waals surface area contributed by atoms with Crippen LogP contribution in [0.2, 0.25) is 0 Å². The molecular formula is C23H17N3O3S. The van der Waals surface area contributed by atoms with Crippen LogP contribution in [0.1, 0.15) is 6.42 Å². The molecule has 0 unspecified atom stereocenters. The van der Waals surface area contributed by atoms with Gasteiger partial charge in [-0.1, -0.05) is 36.4 Å². The number of nitrogens with one attached hydrogen (secondary N) is 1. The normalized spacial score (nSPS) is 11.2. The van der Waals surface area contributed by atoms with Crippen LogP contribution in [0.15, 0.2) is 82.0 Å². The SMILES string of the molecule is O=C(CCn1c(=O)oc2ccccc21)Nc1ccccc1-c1nc2ccccc2s1. The number of amides is 1. The molecular weight excluding hydrogens is 398 g/mol. The first-order valence-electron chi connectivity index (χ1n) is 9.52. The Balaban J connectivity index is 1.36. The number of benzene rings is 3. The molecule has 0 spiro atoms. The van der Waals surface area contributed by atoms with Gasteiger partial charge in [0.2, 0.25) is 5.91 Å². The summed E-state index contributed by atoms with van der Waals surface area (Å²) >= 11 is 1.59. The van der Waals surface area contributed by atoms with E-state index in [2.05, 4.69) is 5.32 Å². The Morgan fingerprint density at radius 2 is 1.77 bits per heavy atom. The summed E-state index contributed by atoms with van der Waals surface area (Å²) in [5, 5.41) is 3.82. The topological polar surface area (TPSA) is 77.1 Å². The van der Waals surface area contributed by atoms with Gasteiger partial charge in [-0.3, -0.25) is 9.36 Å². The molecule has 0 saturated heterocycles. The van der Waals surface area contributed by atoms with Gasteiger partial charge in [-0.05, 0) is 36.4 Å². The maximum atomic E-state index is 12.6. The van der Waals surface area contributed by atoms with Gasteiger partial charge in [0.1, 0.15) is 5.01 Å². The lowest BCUT2D eigenvalue weighted by Gasteiger charge is -2.09. The Labute approximate surface area is 175 Å². The zero-order valence-corrected chi connectivity index (χ0v) is 16.7. The molecule has 148 valence electrons. The molecule has 2 heterocycles. The minimum atomic E-state index is -0.459. The average molecular weight is 415 g/mol. The number of hydrogen-bond donors (Lipinski definition) is 1. The molecule has 30 heavy (non-hydrogen) atoms. The van der Waals surface area contributed by atoms with Crippen molar-refractivity contribution in [3.63, 3.8) is 0 Å². The van der Waals surface area contributed by atoms with Crippen LogP contribution in [-0.2, 0) is 11.3 Å². The van der Waals surface area contributed by atoms with Crippen molar-refractivity contribution in [2.45, 2.75) is 13.0 Å². The number of fused-ring (bicyclic) bond motifs is 2. The minimum absolute atomic E-state index is 0.150. The summed E-state index contributed by atoms with van der Waals surface area (Å²) in [6.45, 7) is 0.241. The van der Waals surface area contributed by atoms with E-state index < -0.39 is 5.76 Å². The van der Waals surface area contributed by atoms with Gasteiger partial charge in [-0.2, -0.15) is 0 Å². The lowest BCUT2D eigenvalue weighted by molar-refractivity contribution is -0.116. The van der Waals surface area contributed by atoms with Crippen LogP contribution in [0.5, 0.6) is 0 Å². The smallest absolute Gasteiger partial charge is 0.408 e. The van der Waals surface area contributed by atoms with Crippen LogP contribution in [0.25, 0.3) is 31.9 Å². The first kappa shape index (κ1) is 18.3. The fourth-order valence-corrected chi connectivity index (χ4v) is 4.42. The fourth-order valence-electron chi connectivity index (χ4n) is 3.42. The summed E-state index contributed by atoms with van der Waals surface area (Å²) in [7, 11) is 0. The van der Waals surface area contributed by atoms with Gasteiger partial charge < -0.3 is 9.73 Å². The van der Waals surface area contributed by atoms with Gasteiger partial charge in [0, 0.05) is 18.5 Å². The van der Waals surface area contributed by atoms with Crippen molar-refractivity contribution in [2.75, 3.05) is 5.32 Å². The highest BCUT2D eigenvalue weighted by Crippen LogP contribution is 2.34. The van der Waals surface area contributed by atoms with E-state index in [1.807, 2.05) is 54.6 Å². The van der Waals surface area contributed by atoms with Crippen molar-refractivity contribution in [1.82, 2.24) is 9.55 Å². The Morgan fingerprint density at radius 3 is 2.67 bits per heavy atom. The molecule has 6 nitrogen and oxygen atoms in total. The molecule has 0 saturated carbocycles. The van der Waals surface area contributed by atoms with E-state index in [0.29, 0.717) is 16.8 Å². The summed E-state index contributed by atoms with van der Waals surface area (Å²) in [4.78, 5) is 29.4. The monoisotopic (exact) mass is 415 g/mol. The standard InChI is InChI=1S/C23H17N3O3S/c27-21(13-14-26-18-10-4-5-11-19(18)29-23(26)28)24-16-8-2-1-7-15(16)22-25-17-9-3-6-12-20(17)30-22/h1-12H,13-14H2,(H,24,27). The van der Waals surface area contributed by atoms with Gasteiger partial charge in [-0.15, -0.1) is 11.3 Å². The molecule has 1 N–H and O–H groups in total. The number of aryl methyl sites for hydroxylation is 1. The third kappa shape index (κ3) is 3.40. The lowest BCUT2D eigenvalue weighted by Crippen LogP contribution is -2.20. The molecule has 0 aliphatic rings. The van der Waals surface area contributed by atoms with Crippen LogP contribution >= 0.6 is 11.3 Å². The Morgan fingerprint density at radius 1 is 1.00 bits per heavy atom. The van der Waals surface area contributed by atoms with E-state index in [1.54, 1.807) is 29.5 Å². The summed E-state index contributed by atoms with van der Waals surface area (Å²) in [5.41, 5.74) is 3.71. The number of para-hydroxylation sites is 4. The number of thiazole rings is 1. The summed E-state index contributed by atoms with van der Waals surface area (Å²) in [6.07, 6.45) is 0.150. The maximum absolute atomic E-state index is 12.6. The fraction of sp³-hybridized carbons (Fsp3) is 0.0870. The van der Waals surface area contributed by atoms with E-state index in [0.717, 1.165) is 20.8 Å². The molecule has 0 radical (unpaired) electrons. The van der Waals surface area contributed by atoms with Crippen molar-refractivity contribution in [3.8, 4) is 10.6 Å². The van der Waals surface area contributed by atoms with Gasteiger partial charge in [0.05, 0.1) is 21.4 Å². The van der Waals surface area contributed by atoms with E-state index >= 15 is 0 Å². The van der Waals surface area contributed by atoms with Crippen molar-refractivity contribution >= 4 is 44.2 Å². The molecule has 3 aromatic carbocycles. The number of nitrogens with zero attached hydrogens (tertiary/aromatic N) is 2. The molecule has 0 fully saturated rings. The first-order valence-corrected chi connectivity index (χ1v) is 10.3. The van der Waals surface area contributed by atoms with Crippen LogP contribution in [0, 0.1) is 0 Å². The molecule has 0 aliphatic heterocycles. The molecule has 5 aromatic rings. The number of oxazole rings is 1. The molecule has 0 atom stereocenters. The van der Waals surface area contributed by atoms with E-state index in [-0.39, 0.29) is 18.9 Å². The van der Waals surface area contributed by atoms with Crippen molar-refractivity contribution < 1.29 is 9.21 Å². The highest BCUT2D eigenvalue weighted by atomic mass is 32.1. The molecule has 2 aromatic heterocycles. The number of anilines is 1. The van der Waals surface area contributed by atoms with Crippen molar-refractivity contribution in [1.29, 1.82) is 0 Å². The number of hydrogen-bond acceptors (Lipinski definition) is 5. The second-order valence-corrected chi connectivity index (χ2v) is 7.85. The number of aromatic nitrogens is 2. The van der Waals surface area contributed by atoms with Gasteiger partial charge in [-0.25, -0.2) is 9.78 Å². The molecule has 0 aliphatic carbocycles. The molecule has 7 heteroatoms. The zero-order valence-electron chi connectivity index (χ0n) is 15.9. The van der Waals surface area contributed by atoms with E-state index in [4.69, 9.17) is 9.40 Å². The minimum Gasteiger partial charge on any atom is -0.408 e. The van der Waals surface area contributed by atoms with E-state index in [1.165, 1.54) is 4.57 Å². The number of carbonyl (C=O) groups excluding carboxylic acids is 1. The van der Waals surface area contributed by atoms with E-state index in [9.17, 15) is 9.59 Å². The lowest BCUT2D eigenvalue weighted by atomic mass is 10.2. The second-order valence-electron chi connectivity index (χ2n) is 6.82. The molecule has 0 bridgehead atoms. The molecule has 1 amide bonds. The summed E-state index contributed by atoms with van der Waals surface area (Å²) in [5.74, 6) is -0.639. The van der Waals surface area contributed by atoms with Gasteiger partial charge in [0.25, 0.3) is 0 Å².